The lowest BCUT2D eigenvalue weighted by atomic mass is 9.88. The number of aryl methyl sites for hydroxylation is 1. The highest BCUT2D eigenvalue weighted by Gasteiger charge is 2.27. The molecule has 0 aromatic heterocycles. The lowest BCUT2D eigenvalue weighted by molar-refractivity contribution is 0.0897. The first-order valence-corrected chi connectivity index (χ1v) is 4.88. The molecule has 2 nitrogen and oxygen atoms in total. The second-order valence-electron chi connectivity index (χ2n) is 3.92. The van der Waals surface area contributed by atoms with Crippen LogP contribution in [0, 0.1) is 6.92 Å². The fourth-order valence-corrected chi connectivity index (χ4v) is 1.30. The third-order valence-corrected chi connectivity index (χ3v) is 2.64. The van der Waals surface area contributed by atoms with Crippen molar-refractivity contribution < 1.29 is 4.79 Å². The maximum atomic E-state index is 12.0. The van der Waals surface area contributed by atoms with Crippen LogP contribution >= 0.6 is 0 Å². The number of hydrogen-bond acceptors (Lipinski definition) is 2. The molecule has 0 saturated carbocycles. The van der Waals surface area contributed by atoms with Crippen LogP contribution in [0.25, 0.3) is 0 Å². The van der Waals surface area contributed by atoms with Crippen LogP contribution in [0.3, 0.4) is 0 Å². The Kier molecular flexibility index (Phi) is 3.06. The largest absolute Gasteiger partial charge is 0.319 e. The van der Waals surface area contributed by atoms with Crippen LogP contribution in [0.1, 0.15) is 36.2 Å². The molecule has 2 N–H and O–H groups in total. The maximum absolute atomic E-state index is 12.0. The lowest BCUT2D eigenvalue weighted by Gasteiger charge is -2.21. The van der Waals surface area contributed by atoms with Gasteiger partial charge in [-0.3, -0.25) is 4.79 Å². The number of Topliss-reactive ketones (excluding diaryl/α,β-unsaturated/α-hetero) is 1. The van der Waals surface area contributed by atoms with Crippen molar-refractivity contribution in [3.8, 4) is 0 Å². The smallest absolute Gasteiger partial charge is 0.182 e. The zero-order valence-corrected chi connectivity index (χ0v) is 9.00. The van der Waals surface area contributed by atoms with E-state index in [-0.39, 0.29) is 5.78 Å². The summed E-state index contributed by atoms with van der Waals surface area (Å²) in [5.41, 5.74) is 6.89. The van der Waals surface area contributed by atoms with Crippen molar-refractivity contribution in [1.82, 2.24) is 0 Å². The molecule has 0 radical (unpaired) electrons. The van der Waals surface area contributed by atoms with Crippen molar-refractivity contribution in [2.24, 2.45) is 5.73 Å². The summed E-state index contributed by atoms with van der Waals surface area (Å²) in [5, 5.41) is 0. The molecular formula is C12H17NO. The molecule has 0 spiro atoms. The second-order valence-corrected chi connectivity index (χ2v) is 3.92. The van der Waals surface area contributed by atoms with Gasteiger partial charge in [-0.05, 0) is 25.8 Å². The first-order chi connectivity index (χ1) is 6.49. The van der Waals surface area contributed by atoms with Gasteiger partial charge in [0.25, 0.3) is 0 Å². The van der Waals surface area contributed by atoms with E-state index in [4.69, 9.17) is 5.73 Å². The SMILES string of the molecule is CCC(C)(N)C(=O)c1ccccc1C. The molecule has 0 amide bonds. The molecule has 1 rings (SSSR count). The van der Waals surface area contributed by atoms with Crippen LogP contribution in [0.5, 0.6) is 0 Å². The second kappa shape index (κ2) is 3.93. The van der Waals surface area contributed by atoms with Gasteiger partial charge in [0.05, 0.1) is 5.54 Å². The highest BCUT2D eigenvalue weighted by atomic mass is 16.1. The summed E-state index contributed by atoms with van der Waals surface area (Å²) in [5.74, 6) is 0.0260. The van der Waals surface area contributed by atoms with Gasteiger partial charge in [-0.25, -0.2) is 0 Å². The third kappa shape index (κ3) is 2.02. The molecule has 0 aliphatic heterocycles. The van der Waals surface area contributed by atoms with E-state index < -0.39 is 5.54 Å². The van der Waals surface area contributed by atoms with E-state index in [1.807, 2.05) is 38.1 Å². The van der Waals surface area contributed by atoms with Gasteiger partial charge in [0.15, 0.2) is 5.78 Å². The minimum absolute atomic E-state index is 0.0260. The Balaban J connectivity index is 3.07. The average molecular weight is 191 g/mol. The molecule has 2 heteroatoms. The quantitative estimate of drug-likeness (QED) is 0.745. The summed E-state index contributed by atoms with van der Waals surface area (Å²) >= 11 is 0. The van der Waals surface area contributed by atoms with E-state index in [2.05, 4.69) is 0 Å². The minimum atomic E-state index is -0.744. The minimum Gasteiger partial charge on any atom is -0.319 e. The summed E-state index contributed by atoms with van der Waals surface area (Å²) in [6, 6.07) is 7.55. The molecule has 0 aliphatic rings. The monoisotopic (exact) mass is 191 g/mol. The van der Waals surface area contributed by atoms with E-state index >= 15 is 0 Å². The van der Waals surface area contributed by atoms with Crippen LogP contribution in [0.15, 0.2) is 24.3 Å². The zero-order valence-electron chi connectivity index (χ0n) is 9.00. The highest BCUT2D eigenvalue weighted by Crippen LogP contribution is 2.16. The van der Waals surface area contributed by atoms with E-state index in [1.165, 1.54) is 0 Å². The molecule has 14 heavy (non-hydrogen) atoms. The van der Waals surface area contributed by atoms with Gasteiger partial charge < -0.3 is 5.73 Å². The van der Waals surface area contributed by atoms with Gasteiger partial charge in [-0.1, -0.05) is 31.2 Å². The van der Waals surface area contributed by atoms with E-state index in [0.29, 0.717) is 6.42 Å². The molecule has 1 aromatic rings. The van der Waals surface area contributed by atoms with Gasteiger partial charge in [0.1, 0.15) is 0 Å². The van der Waals surface area contributed by atoms with E-state index in [0.717, 1.165) is 11.1 Å². The van der Waals surface area contributed by atoms with Crippen molar-refractivity contribution in [1.29, 1.82) is 0 Å². The molecule has 1 aromatic carbocycles. The predicted octanol–water partition coefficient (Wildman–Crippen LogP) is 2.31. The molecule has 1 atom stereocenters. The number of benzene rings is 1. The normalized spacial score (nSPS) is 14.9. The fraction of sp³-hybridized carbons (Fsp3) is 0.417. The Hall–Kier alpha value is -1.15. The Morgan fingerprint density at radius 2 is 2.00 bits per heavy atom. The Morgan fingerprint density at radius 3 is 2.50 bits per heavy atom. The van der Waals surface area contributed by atoms with Crippen molar-refractivity contribution in [3.63, 3.8) is 0 Å². The van der Waals surface area contributed by atoms with Gasteiger partial charge in [-0.15, -0.1) is 0 Å². The number of nitrogens with two attached hydrogens (primary N) is 1. The summed E-state index contributed by atoms with van der Waals surface area (Å²) in [7, 11) is 0. The van der Waals surface area contributed by atoms with Crippen molar-refractivity contribution in [2.75, 3.05) is 0 Å². The average Bonchev–Trinajstić information content (AvgIpc) is 2.17. The van der Waals surface area contributed by atoms with Crippen molar-refractivity contribution in [2.45, 2.75) is 32.7 Å². The van der Waals surface area contributed by atoms with E-state index in [1.54, 1.807) is 6.92 Å². The number of ketones is 1. The van der Waals surface area contributed by atoms with Crippen LogP contribution in [0.4, 0.5) is 0 Å². The summed E-state index contributed by atoms with van der Waals surface area (Å²) < 4.78 is 0. The first-order valence-electron chi connectivity index (χ1n) is 4.88. The van der Waals surface area contributed by atoms with Gasteiger partial charge in [0, 0.05) is 5.56 Å². The fourth-order valence-electron chi connectivity index (χ4n) is 1.30. The van der Waals surface area contributed by atoms with Crippen LogP contribution < -0.4 is 5.73 Å². The number of hydrogen-bond donors (Lipinski definition) is 1. The number of carbonyl (C=O) groups is 1. The molecule has 0 aliphatic carbocycles. The number of carbonyl (C=O) groups excluding carboxylic acids is 1. The molecule has 0 bridgehead atoms. The van der Waals surface area contributed by atoms with Crippen LogP contribution in [-0.2, 0) is 0 Å². The molecule has 0 heterocycles. The lowest BCUT2D eigenvalue weighted by Crippen LogP contribution is -2.44. The maximum Gasteiger partial charge on any atom is 0.182 e. The molecule has 0 fully saturated rings. The first kappa shape index (κ1) is 10.9. The molecule has 1 unspecified atom stereocenters. The Morgan fingerprint density at radius 1 is 1.43 bits per heavy atom. The topological polar surface area (TPSA) is 43.1 Å². The van der Waals surface area contributed by atoms with Gasteiger partial charge in [0.2, 0.25) is 0 Å². The summed E-state index contributed by atoms with van der Waals surface area (Å²) in [6.45, 7) is 5.64. The summed E-state index contributed by atoms with van der Waals surface area (Å²) in [4.78, 5) is 12.0. The van der Waals surface area contributed by atoms with Gasteiger partial charge in [-0.2, -0.15) is 0 Å². The third-order valence-electron chi connectivity index (χ3n) is 2.64. The molecule has 0 saturated heterocycles. The zero-order chi connectivity index (χ0) is 10.8. The predicted molar refractivity (Wildman–Crippen MR) is 58.4 cm³/mol. The molecular weight excluding hydrogens is 174 g/mol. The van der Waals surface area contributed by atoms with Crippen LogP contribution in [0.2, 0.25) is 0 Å². The van der Waals surface area contributed by atoms with Gasteiger partial charge >= 0.3 is 0 Å². The van der Waals surface area contributed by atoms with Crippen LogP contribution in [-0.4, -0.2) is 11.3 Å². The Labute approximate surface area is 85.1 Å². The Bertz CT molecular complexity index is 342. The molecule has 76 valence electrons. The van der Waals surface area contributed by atoms with Crippen molar-refractivity contribution >= 4 is 5.78 Å². The van der Waals surface area contributed by atoms with E-state index in [9.17, 15) is 4.79 Å². The summed E-state index contributed by atoms with van der Waals surface area (Å²) in [6.07, 6.45) is 0.653. The number of rotatable bonds is 3. The van der Waals surface area contributed by atoms with Crippen molar-refractivity contribution in [3.05, 3.63) is 35.4 Å². The highest BCUT2D eigenvalue weighted by molar-refractivity contribution is 6.03. The standard InChI is InChI=1S/C12H17NO/c1-4-12(3,13)11(14)10-8-6-5-7-9(10)2/h5-8H,4,13H2,1-3H3.